The molecule has 0 bridgehead atoms. The Hall–Kier alpha value is -0.730. The molecule has 0 saturated heterocycles. The van der Waals surface area contributed by atoms with E-state index >= 15 is 0 Å². The molecule has 0 atom stereocenters. The van der Waals surface area contributed by atoms with Crippen LogP contribution in [0.2, 0.25) is 0 Å². The van der Waals surface area contributed by atoms with Gasteiger partial charge in [-0.1, -0.05) is 6.92 Å². The van der Waals surface area contributed by atoms with Crippen LogP contribution in [-0.2, 0) is 0 Å². The Morgan fingerprint density at radius 3 is 2.18 bits per heavy atom. The summed E-state index contributed by atoms with van der Waals surface area (Å²) in [6.45, 7) is 4.21. The number of hydrogen-bond acceptors (Lipinski definition) is 1. The highest BCUT2D eigenvalue weighted by atomic mass is 15.3. The largest absolute Gasteiger partial charge is 0.349 e. The summed E-state index contributed by atoms with van der Waals surface area (Å²) in [6.07, 6.45) is 1.03. The molecule has 0 spiro atoms. The predicted molar refractivity (Wildman–Crippen MR) is 49.4 cm³/mol. The Morgan fingerprint density at radius 1 is 1.36 bits per heavy atom. The van der Waals surface area contributed by atoms with Gasteiger partial charge < -0.3 is 9.80 Å². The fourth-order valence-corrected chi connectivity index (χ4v) is 1.03. The summed E-state index contributed by atoms with van der Waals surface area (Å²) in [6, 6.07) is 0. The summed E-state index contributed by atoms with van der Waals surface area (Å²) >= 11 is 0. The summed E-state index contributed by atoms with van der Waals surface area (Å²) in [5.41, 5.74) is 0. The molecule has 11 heavy (non-hydrogen) atoms. The molecule has 65 valence electrons. The fourth-order valence-electron chi connectivity index (χ4n) is 1.03. The minimum absolute atomic E-state index is 0.979. The molecule has 0 saturated carbocycles. The molecule has 0 fully saturated rings. The fraction of sp³-hybridized carbons (Fsp3) is 0.750. The van der Waals surface area contributed by atoms with Crippen molar-refractivity contribution in [3.05, 3.63) is 6.54 Å². The van der Waals surface area contributed by atoms with Crippen LogP contribution in [-0.4, -0.2) is 44.0 Å². The number of guanidine groups is 1. The number of rotatable bonds is 2. The van der Waals surface area contributed by atoms with E-state index in [2.05, 4.69) is 18.5 Å². The number of nitrogens with zero attached hydrogens (tertiary/aromatic N) is 3. The monoisotopic (exact) mass is 156 g/mol. The van der Waals surface area contributed by atoms with E-state index in [9.17, 15) is 0 Å². The van der Waals surface area contributed by atoms with Gasteiger partial charge in [0.2, 0.25) is 0 Å². The van der Waals surface area contributed by atoms with Gasteiger partial charge in [-0.3, -0.25) is 4.99 Å². The summed E-state index contributed by atoms with van der Waals surface area (Å²) in [5.74, 6) is 0.979. The van der Waals surface area contributed by atoms with Crippen LogP contribution in [0.3, 0.4) is 0 Å². The highest BCUT2D eigenvalue weighted by Crippen LogP contribution is 1.97. The third-order valence-electron chi connectivity index (χ3n) is 1.37. The minimum Gasteiger partial charge on any atom is -0.349 e. The Morgan fingerprint density at radius 2 is 1.91 bits per heavy atom. The first-order valence-electron chi connectivity index (χ1n) is 3.83. The van der Waals surface area contributed by atoms with Crippen LogP contribution in [0, 0.1) is 6.54 Å². The highest BCUT2D eigenvalue weighted by molar-refractivity contribution is 5.79. The summed E-state index contributed by atoms with van der Waals surface area (Å²) in [5, 5.41) is 0. The van der Waals surface area contributed by atoms with Gasteiger partial charge in [0.25, 0.3) is 0 Å². The Bertz CT molecular complexity index is 129. The van der Waals surface area contributed by atoms with Gasteiger partial charge in [-0.15, -0.1) is 0 Å². The molecule has 0 aliphatic carbocycles. The van der Waals surface area contributed by atoms with Crippen molar-refractivity contribution in [2.24, 2.45) is 4.99 Å². The Kier molecular flexibility index (Phi) is 4.66. The van der Waals surface area contributed by atoms with E-state index in [4.69, 9.17) is 0 Å². The van der Waals surface area contributed by atoms with Crippen LogP contribution in [0.15, 0.2) is 4.99 Å². The van der Waals surface area contributed by atoms with Gasteiger partial charge in [0.1, 0.15) is 0 Å². The molecule has 0 aromatic heterocycles. The molecule has 0 aromatic carbocycles. The molecular formula is C8H18N3. The van der Waals surface area contributed by atoms with Gasteiger partial charge in [0.15, 0.2) is 5.96 Å². The Labute approximate surface area is 69.7 Å². The van der Waals surface area contributed by atoms with Crippen LogP contribution in [0.1, 0.15) is 13.3 Å². The van der Waals surface area contributed by atoms with Gasteiger partial charge >= 0.3 is 0 Å². The van der Waals surface area contributed by atoms with E-state index in [0.29, 0.717) is 0 Å². The van der Waals surface area contributed by atoms with Crippen molar-refractivity contribution >= 4 is 5.96 Å². The first-order chi connectivity index (χ1) is 5.13. The highest BCUT2D eigenvalue weighted by Gasteiger charge is 2.05. The van der Waals surface area contributed by atoms with E-state index in [-0.39, 0.29) is 0 Å². The first-order valence-corrected chi connectivity index (χ1v) is 3.83. The van der Waals surface area contributed by atoms with Crippen LogP contribution in [0.4, 0.5) is 0 Å². The average Bonchev–Trinajstić information content (AvgIpc) is 1.88. The van der Waals surface area contributed by atoms with Crippen molar-refractivity contribution in [1.82, 2.24) is 9.80 Å². The third kappa shape index (κ3) is 3.25. The maximum atomic E-state index is 4.14. The molecule has 0 unspecified atom stereocenters. The van der Waals surface area contributed by atoms with Gasteiger partial charge in [-0.2, -0.15) is 0 Å². The topological polar surface area (TPSA) is 18.8 Å². The lowest BCUT2D eigenvalue weighted by Gasteiger charge is -2.25. The van der Waals surface area contributed by atoms with Gasteiger partial charge in [-0.25, -0.2) is 0 Å². The molecule has 0 heterocycles. The molecule has 3 nitrogen and oxygen atoms in total. The van der Waals surface area contributed by atoms with Crippen LogP contribution in [0.5, 0.6) is 0 Å². The second-order valence-corrected chi connectivity index (χ2v) is 2.62. The van der Waals surface area contributed by atoms with Crippen molar-refractivity contribution in [3.63, 3.8) is 0 Å². The van der Waals surface area contributed by atoms with Crippen molar-refractivity contribution in [2.75, 3.05) is 28.2 Å². The minimum atomic E-state index is 0.979. The molecule has 0 aromatic rings. The van der Waals surface area contributed by atoms with Gasteiger partial charge in [0.05, 0.1) is 6.54 Å². The lowest BCUT2D eigenvalue weighted by atomic mass is 10.4. The average molecular weight is 156 g/mol. The maximum absolute atomic E-state index is 4.14. The molecule has 0 rings (SSSR count). The molecule has 1 radical (unpaired) electrons. The Balaban J connectivity index is 4.04. The zero-order chi connectivity index (χ0) is 8.85. The van der Waals surface area contributed by atoms with Crippen molar-refractivity contribution in [3.8, 4) is 0 Å². The number of hydrogen-bond donors (Lipinski definition) is 0. The molecule has 0 aliphatic rings. The van der Waals surface area contributed by atoms with Crippen molar-refractivity contribution in [1.29, 1.82) is 0 Å². The molecule has 3 heteroatoms. The number of aliphatic imine (C=N–C) groups is 1. The smallest absolute Gasteiger partial charge is 0.195 e. The van der Waals surface area contributed by atoms with Crippen molar-refractivity contribution < 1.29 is 0 Å². The zero-order valence-electron chi connectivity index (χ0n) is 8.13. The van der Waals surface area contributed by atoms with Crippen LogP contribution >= 0.6 is 0 Å². The van der Waals surface area contributed by atoms with Crippen LogP contribution in [0.25, 0.3) is 0 Å². The van der Waals surface area contributed by atoms with E-state index in [0.717, 1.165) is 12.4 Å². The second kappa shape index (κ2) is 4.99. The van der Waals surface area contributed by atoms with E-state index in [1.165, 1.54) is 0 Å². The van der Waals surface area contributed by atoms with Crippen molar-refractivity contribution in [2.45, 2.75) is 13.3 Å². The van der Waals surface area contributed by atoms with E-state index < -0.39 is 0 Å². The molecule has 0 N–H and O–H groups in total. The summed E-state index contributed by atoms with van der Waals surface area (Å²) in [4.78, 5) is 8.16. The molecule has 0 aliphatic heterocycles. The maximum Gasteiger partial charge on any atom is 0.195 e. The van der Waals surface area contributed by atoms with E-state index in [1.54, 1.807) is 7.05 Å². The van der Waals surface area contributed by atoms with Gasteiger partial charge in [-0.05, 0) is 6.42 Å². The first kappa shape index (κ1) is 10.3. The SMILES string of the molecule is CC[CH]N(C)/C(=N/C)N(C)C. The summed E-state index contributed by atoms with van der Waals surface area (Å²) in [7, 11) is 7.78. The lowest BCUT2D eigenvalue weighted by molar-refractivity contribution is 0.471. The predicted octanol–water partition coefficient (Wildman–Crippen LogP) is 1.04. The normalized spacial score (nSPS) is 11.5. The van der Waals surface area contributed by atoms with E-state index in [1.807, 2.05) is 30.9 Å². The molecular weight excluding hydrogens is 138 g/mol. The third-order valence-corrected chi connectivity index (χ3v) is 1.37. The molecule has 0 amide bonds. The zero-order valence-corrected chi connectivity index (χ0v) is 8.13. The van der Waals surface area contributed by atoms with Crippen LogP contribution < -0.4 is 0 Å². The quantitative estimate of drug-likeness (QED) is 0.439. The lowest BCUT2D eigenvalue weighted by Crippen LogP contribution is -2.36. The summed E-state index contributed by atoms with van der Waals surface area (Å²) < 4.78 is 0. The standard InChI is InChI=1S/C8H18N3/c1-6-7-11(5)8(9-2)10(3)4/h7H,6H2,1-5H3/b9-8+. The van der Waals surface area contributed by atoms with Gasteiger partial charge in [0, 0.05) is 28.2 Å². The second-order valence-electron chi connectivity index (χ2n) is 2.62.